The number of anilines is 1. The van der Waals surface area contributed by atoms with Crippen molar-refractivity contribution in [1.82, 2.24) is 0 Å². The molecule has 0 aromatic heterocycles. The molecule has 6 heteroatoms. The Kier molecular flexibility index (Phi) is 6.88. The molecule has 4 nitrogen and oxygen atoms in total. The molecule has 20 heavy (non-hydrogen) atoms. The normalized spacial score (nSPS) is 11.8. The van der Waals surface area contributed by atoms with Gasteiger partial charge in [-0.05, 0) is 24.6 Å². The van der Waals surface area contributed by atoms with Crippen LogP contribution in [0.4, 0.5) is 5.69 Å². The van der Waals surface area contributed by atoms with Crippen molar-refractivity contribution in [1.29, 1.82) is 0 Å². The van der Waals surface area contributed by atoms with E-state index < -0.39 is 0 Å². The topological polar surface area (TPSA) is 55.4 Å². The second-order valence-electron chi connectivity index (χ2n) is 4.45. The van der Waals surface area contributed by atoms with E-state index in [0.29, 0.717) is 16.5 Å². The summed E-state index contributed by atoms with van der Waals surface area (Å²) in [6, 6.07) is 5.38. The summed E-state index contributed by atoms with van der Waals surface area (Å²) < 4.78 is 4.62. The van der Waals surface area contributed by atoms with Crippen molar-refractivity contribution in [3.05, 3.63) is 28.8 Å². The lowest BCUT2D eigenvalue weighted by molar-refractivity contribution is -0.144. The molecule has 1 rings (SSSR count). The zero-order chi connectivity index (χ0) is 15.1. The van der Waals surface area contributed by atoms with Gasteiger partial charge in [0.1, 0.15) is 0 Å². The van der Waals surface area contributed by atoms with E-state index in [0.717, 1.165) is 5.56 Å². The van der Waals surface area contributed by atoms with E-state index in [9.17, 15) is 9.59 Å². The first-order valence-corrected chi connectivity index (χ1v) is 7.69. The summed E-state index contributed by atoms with van der Waals surface area (Å²) in [6.45, 7) is 3.68. The van der Waals surface area contributed by atoms with E-state index in [1.165, 1.54) is 18.9 Å². The maximum absolute atomic E-state index is 11.7. The van der Waals surface area contributed by atoms with Gasteiger partial charge in [-0.1, -0.05) is 24.6 Å². The van der Waals surface area contributed by atoms with Crippen molar-refractivity contribution in [2.45, 2.75) is 13.8 Å². The quantitative estimate of drug-likeness (QED) is 0.819. The number of nitrogens with one attached hydrogen (secondary N) is 1. The Labute approximate surface area is 128 Å². The van der Waals surface area contributed by atoms with Crippen molar-refractivity contribution in [3.8, 4) is 0 Å². The summed E-state index contributed by atoms with van der Waals surface area (Å²) in [5.74, 6) is 0.239. The minimum Gasteiger partial charge on any atom is -0.469 e. The number of hydrogen-bond donors (Lipinski definition) is 1. The smallest absolute Gasteiger partial charge is 0.309 e. The van der Waals surface area contributed by atoms with Crippen LogP contribution in [0, 0.1) is 12.8 Å². The fourth-order valence-corrected chi connectivity index (χ4v) is 2.51. The van der Waals surface area contributed by atoms with Crippen LogP contribution in [0.1, 0.15) is 12.5 Å². The fourth-order valence-electron chi connectivity index (χ4n) is 1.47. The Morgan fingerprint density at radius 1 is 1.45 bits per heavy atom. The number of thioether (sulfide) groups is 1. The van der Waals surface area contributed by atoms with E-state index in [-0.39, 0.29) is 23.5 Å². The van der Waals surface area contributed by atoms with Gasteiger partial charge in [-0.3, -0.25) is 9.59 Å². The Morgan fingerprint density at radius 2 is 2.15 bits per heavy atom. The molecular weight excluding hydrogens is 298 g/mol. The first-order chi connectivity index (χ1) is 9.43. The third kappa shape index (κ3) is 5.43. The zero-order valence-corrected chi connectivity index (χ0v) is 13.3. The fraction of sp³-hybridized carbons (Fsp3) is 0.429. The van der Waals surface area contributed by atoms with Crippen LogP contribution >= 0.6 is 23.4 Å². The highest BCUT2D eigenvalue weighted by Gasteiger charge is 2.13. The number of esters is 1. The molecule has 1 aromatic carbocycles. The molecule has 1 N–H and O–H groups in total. The van der Waals surface area contributed by atoms with E-state index in [2.05, 4.69) is 10.1 Å². The lowest BCUT2D eigenvalue weighted by atomic mass is 10.2. The number of hydrogen-bond acceptors (Lipinski definition) is 4. The molecule has 0 fully saturated rings. The van der Waals surface area contributed by atoms with E-state index in [4.69, 9.17) is 11.6 Å². The van der Waals surface area contributed by atoms with Gasteiger partial charge in [0.15, 0.2) is 0 Å². The molecule has 0 saturated carbocycles. The van der Waals surface area contributed by atoms with Gasteiger partial charge in [-0.2, -0.15) is 11.8 Å². The monoisotopic (exact) mass is 315 g/mol. The number of carbonyl (C=O) groups is 2. The van der Waals surface area contributed by atoms with Gasteiger partial charge in [0.25, 0.3) is 0 Å². The Morgan fingerprint density at radius 3 is 2.75 bits per heavy atom. The summed E-state index contributed by atoms with van der Waals surface area (Å²) in [5, 5.41) is 3.39. The van der Waals surface area contributed by atoms with E-state index in [1.54, 1.807) is 19.1 Å². The highest BCUT2D eigenvalue weighted by molar-refractivity contribution is 8.00. The Hall–Kier alpha value is -1.20. The van der Waals surface area contributed by atoms with Crippen LogP contribution in [0.2, 0.25) is 5.02 Å². The van der Waals surface area contributed by atoms with Crippen molar-refractivity contribution in [2.75, 3.05) is 23.9 Å². The maximum Gasteiger partial charge on any atom is 0.309 e. The van der Waals surface area contributed by atoms with Gasteiger partial charge in [-0.15, -0.1) is 0 Å². The number of benzene rings is 1. The SMILES string of the molecule is COC(=O)C(C)CSCC(=O)Nc1ccc(C)c(Cl)c1. The second kappa shape index (κ2) is 8.17. The predicted octanol–water partition coefficient (Wildman–Crippen LogP) is 3.13. The second-order valence-corrected chi connectivity index (χ2v) is 5.89. The predicted molar refractivity (Wildman–Crippen MR) is 83.3 cm³/mol. The van der Waals surface area contributed by atoms with Crippen LogP contribution in [-0.4, -0.2) is 30.5 Å². The van der Waals surface area contributed by atoms with Gasteiger partial charge in [0.2, 0.25) is 5.91 Å². The number of halogens is 1. The average Bonchev–Trinajstić information content (AvgIpc) is 2.41. The standard InChI is InChI=1S/C14H18ClNO3S/c1-9-4-5-11(6-12(9)15)16-13(17)8-20-7-10(2)14(18)19-3/h4-6,10H,7-8H2,1-3H3,(H,16,17). The van der Waals surface area contributed by atoms with E-state index in [1.807, 2.05) is 13.0 Å². The number of carbonyl (C=O) groups excluding carboxylic acids is 2. The molecule has 0 bridgehead atoms. The molecule has 0 aliphatic rings. The van der Waals surface area contributed by atoms with Crippen molar-refractivity contribution in [3.63, 3.8) is 0 Å². The van der Waals surface area contributed by atoms with Gasteiger partial charge in [-0.25, -0.2) is 0 Å². The van der Waals surface area contributed by atoms with Gasteiger partial charge < -0.3 is 10.1 Å². The summed E-state index contributed by atoms with van der Waals surface area (Å²) in [5.41, 5.74) is 1.64. The molecule has 0 spiro atoms. The molecule has 1 aromatic rings. The van der Waals surface area contributed by atoms with Crippen LogP contribution in [0.25, 0.3) is 0 Å². The molecule has 0 radical (unpaired) electrons. The van der Waals surface area contributed by atoms with Crippen LogP contribution in [-0.2, 0) is 14.3 Å². The molecule has 110 valence electrons. The summed E-state index contributed by atoms with van der Waals surface area (Å²) in [4.78, 5) is 22.9. The molecule has 0 saturated heterocycles. The number of aryl methyl sites for hydroxylation is 1. The third-order valence-corrected chi connectivity index (χ3v) is 4.27. The lowest BCUT2D eigenvalue weighted by Crippen LogP contribution is -2.18. The first-order valence-electron chi connectivity index (χ1n) is 6.15. The highest BCUT2D eigenvalue weighted by Crippen LogP contribution is 2.20. The van der Waals surface area contributed by atoms with Gasteiger partial charge in [0.05, 0.1) is 18.8 Å². The van der Waals surface area contributed by atoms with Gasteiger partial charge >= 0.3 is 5.97 Å². The molecule has 0 aliphatic heterocycles. The Balaban J connectivity index is 2.37. The number of methoxy groups -OCH3 is 1. The van der Waals surface area contributed by atoms with Crippen molar-refractivity contribution < 1.29 is 14.3 Å². The third-order valence-electron chi connectivity index (χ3n) is 2.66. The molecule has 1 unspecified atom stereocenters. The van der Waals surface area contributed by atoms with Crippen molar-refractivity contribution >= 4 is 40.9 Å². The van der Waals surface area contributed by atoms with E-state index >= 15 is 0 Å². The summed E-state index contributed by atoms with van der Waals surface area (Å²) in [7, 11) is 1.36. The zero-order valence-electron chi connectivity index (χ0n) is 11.7. The van der Waals surface area contributed by atoms with Crippen LogP contribution in [0.3, 0.4) is 0 Å². The number of ether oxygens (including phenoxy) is 1. The lowest BCUT2D eigenvalue weighted by Gasteiger charge is -2.09. The van der Waals surface area contributed by atoms with Crippen LogP contribution in [0.5, 0.6) is 0 Å². The maximum atomic E-state index is 11.7. The van der Waals surface area contributed by atoms with Crippen LogP contribution in [0.15, 0.2) is 18.2 Å². The average molecular weight is 316 g/mol. The molecule has 0 aliphatic carbocycles. The first kappa shape index (κ1) is 16.9. The Bertz CT molecular complexity index is 493. The number of amides is 1. The summed E-state index contributed by atoms with van der Waals surface area (Å²) >= 11 is 7.38. The largest absolute Gasteiger partial charge is 0.469 e. The molecular formula is C14H18ClNO3S. The number of rotatable bonds is 6. The summed E-state index contributed by atoms with van der Waals surface area (Å²) in [6.07, 6.45) is 0. The van der Waals surface area contributed by atoms with Crippen LogP contribution < -0.4 is 5.32 Å². The van der Waals surface area contributed by atoms with Crippen molar-refractivity contribution in [2.24, 2.45) is 5.92 Å². The molecule has 1 amide bonds. The molecule has 0 heterocycles. The highest BCUT2D eigenvalue weighted by atomic mass is 35.5. The minimum atomic E-state index is -0.261. The van der Waals surface area contributed by atoms with Gasteiger partial charge in [0, 0.05) is 16.5 Å². The minimum absolute atomic E-state index is 0.119. The molecule has 1 atom stereocenters.